The Kier molecular flexibility index (Phi) is 6.27. The van der Waals surface area contributed by atoms with Crippen molar-refractivity contribution in [3.8, 4) is 39.1 Å². The van der Waals surface area contributed by atoms with Gasteiger partial charge in [-0.1, -0.05) is 153 Å². The highest BCUT2D eigenvalue weighted by atomic mass is 16.3. The summed E-state index contributed by atoms with van der Waals surface area (Å²) in [5.41, 5.74) is 17.5. The number of hydrogen-bond acceptors (Lipinski definition) is 1. The average Bonchev–Trinajstić information content (AvgIpc) is 3.85. The highest BCUT2D eigenvalue weighted by Crippen LogP contribution is 2.50. The third-order valence-corrected chi connectivity index (χ3v) is 12.7. The molecule has 0 bridgehead atoms. The highest BCUT2D eigenvalue weighted by molar-refractivity contribution is 6.21. The predicted molar refractivity (Wildman–Crippen MR) is 231 cm³/mol. The van der Waals surface area contributed by atoms with Gasteiger partial charge in [-0.15, -0.1) is 0 Å². The van der Waals surface area contributed by atoms with E-state index < -0.39 is 0 Å². The van der Waals surface area contributed by atoms with Crippen LogP contribution in [0.1, 0.15) is 42.7 Å². The molecule has 0 radical (unpaired) electrons. The summed E-state index contributed by atoms with van der Waals surface area (Å²) in [5.74, 6) is 0. The molecule has 0 aliphatic heterocycles. The second-order valence-electron chi connectivity index (χ2n) is 15.9. The lowest BCUT2D eigenvalue weighted by Gasteiger charge is -2.22. The molecule has 12 rings (SSSR count). The van der Waals surface area contributed by atoms with Crippen molar-refractivity contribution in [1.29, 1.82) is 0 Å². The first-order chi connectivity index (χ1) is 27.1. The SMILES string of the molecule is CC1(C)c2ccccc2-c2ccc(-c3ccc(-c4c5ccccc5c(-n5c6c(c7c8oc9ccccc9c8ccc75)C=CCC6)c5ccccc45)cc3)cc21. The van der Waals surface area contributed by atoms with Crippen LogP contribution in [0.3, 0.4) is 0 Å². The van der Waals surface area contributed by atoms with Crippen LogP contribution in [0.25, 0.3) is 99.5 Å². The molecule has 0 saturated carbocycles. The Morgan fingerprint density at radius 1 is 0.545 bits per heavy atom. The highest BCUT2D eigenvalue weighted by Gasteiger charge is 2.35. The van der Waals surface area contributed by atoms with Crippen molar-refractivity contribution in [3.05, 3.63) is 180 Å². The van der Waals surface area contributed by atoms with Gasteiger partial charge in [0, 0.05) is 38.2 Å². The van der Waals surface area contributed by atoms with Crippen LogP contribution in [0.5, 0.6) is 0 Å². The van der Waals surface area contributed by atoms with E-state index in [9.17, 15) is 0 Å². The smallest absolute Gasteiger partial charge is 0.145 e. The van der Waals surface area contributed by atoms with E-state index in [1.54, 1.807) is 0 Å². The standard InChI is InChI=1S/C53H37NO/c1-53(2)44-20-10-7-13-35(44)36-28-27-34(31-45(36)53)32-23-25-33(26-24-32)49-38-15-3-5-17-40(38)51(41-18-6-4-16-39(41)49)54-46-21-11-8-19-43(46)50-47(54)30-29-42-37-14-9-12-22-48(37)55-52(42)50/h3-10,12-20,22-31H,11,21H2,1-2H3. The first-order valence-corrected chi connectivity index (χ1v) is 19.5. The second-order valence-corrected chi connectivity index (χ2v) is 15.9. The maximum absolute atomic E-state index is 6.67. The van der Waals surface area contributed by atoms with E-state index in [1.807, 2.05) is 0 Å². The van der Waals surface area contributed by atoms with Gasteiger partial charge in [0.1, 0.15) is 11.2 Å². The molecule has 0 amide bonds. The third-order valence-electron chi connectivity index (χ3n) is 12.7. The van der Waals surface area contributed by atoms with Crippen molar-refractivity contribution >= 4 is 60.5 Å². The molecule has 2 nitrogen and oxygen atoms in total. The number of aromatic nitrogens is 1. The Labute approximate surface area is 319 Å². The Morgan fingerprint density at radius 2 is 1.18 bits per heavy atom. The Balaban J connectivity index is 1.06. The summed E-state index contributed by atoms with van der Waals surface area (Å²) >= 11 is 0. The molecule has 0 atom stereocenters. The third kappa shape index (κ3) is 4.20. The molecule has 260 valence electrons. The van der Waals surface area contributed by atoms with E-state index >= 15 is 0 Å². The Hall–Kier alpha value is -6.64. The molecular weight excluding hydrogens is 667 g/mol. The molecule has 2 aliphatic carbocycles. The number of furan rings is 1. The van der Waals surface area contributed by atoms with Crippen LogP contribution in [0.4, 0.5) is 0 Å². The summed E-state index contributed by atoms with van der Waals surface area (Å²) in [6, 6.07) is 56.2. The Morgan fingerprint density at radius 3 is 1.96 bits per heavy atom. The van der Waals surface area contributed by atoms with Crippen LogP contribution in [-0.4, -0.2) is 4.57 Å². The minimum Gasteiger partial charge on any atom is -0.455 e. The van der Waals surface area contributed by atoms with Gasteiger partial charge in [-0.25, -0.2) is 0 Å². The number of nitrogens with zero attached hydrogens (tertiary/aromatic N) is 1. The lowest BCUT2D eigenvalue weighted by molar-refractivity contribution is 0.660. The molecule has 2 heteroatoms. The molecule has 2 heterocycles. The van der Waals surface area contributed by atoms with Gasteiger partial charge in [-0.3, -0.25) is 0 Å². The number of rotatable bonds is 3. The fourth-order valence-corrected chi connectivity index (χ4v) is 10.1. The zero-order valence-corrected chi connectivity index (χ0v) is 30.9. The maximum atomic E-state index is 6.67. The van der Waals surface area contributed by atoms with Crippen LogP contribution in [0.2, 0.25) is 0 Å². The van der Waals surface area contributed by atoms with Crippen molar-refractivity contribution in [2.45, 2.75) is 32.1 Å². The molecule has 2 aliphatic rings. The first kappa shape index (κ1) is 30.8. The lowest BCUT2D eigenvalue weighted by Crippen LogP contribution is -2.14. The molecule has 0 saturated heterocycles. The summed E-state index contributed by atoms with van der Waals surface area (Å²) in [6.45, 7) is 4.71. The van der Waals surface area contributed by atoms with Crippen LogP contribution in [0.15, 0.2) is 162 Å². The zero-order chi connectivity index (χ0) is 36.4. The van der Waals surface area contributed by atoms with E-state index in [2.05, 4.69) is 182 Å². The largest absolute Gasteiger partial charge is 0.455 e. The van der Waals surface area contributed by atoms with Crippen LogP contribution in [0, 0.1) is 0 Å². The van der Waals surface area contributed by atoms with E-state index in [1.165, 1.54) is 99.3 Å². The van der Waals surface area contributed by atoms with Crippen LogP contribution < -0.4 is 0 Å². The van der Waals surface area contributed by atoms with Gasteiger partial charge in [0.25, 0.3) is 0 Å². The van der Waals surface area contributed by atoms with Gasteiger partial charge in [-0.05, 0) is 92.4 Å². The van der Waals surface area contributed by atoms with Crippen LogP contribution >= 0.6 is 0 Å². The van der Waals surface area contributed by atoms with Crippen molar-refractivity contribution in [2.75, 3.05) is 0 Å². The van der Waals surface area contributed by atoms with E-state index in [0.29, 0.717) is 0 Å². The van der Waals surface area contributed by atoms with E-state index in [0.717, 1.165) is 29.4 Å². The molecule has 0 N–H and O–H groups in total. The number of allylic oxidation sites excluding steroid dienone is 1. The topological polar surface area (TPSA) is 18.1 Å². The molecular formula is C53H37NO. The number of hydrogen-bond donors (Lipinski definition) is 0. The molecule has 0 unspecified atom stereocenters. The molecule has 10 aromatic rings. The summed E-state index contributed by atoms with van der Waals surface area (Å²) in [7, 11) is 0. The van der Waals surface area contributed by atoms with Crippen molar-refractivity contribution in [3.63, 3.8) is 0 Å². The number of benzene rings is 8. The number of para-hydroxylation sites is 1. The van der Waals surface area contributed by atoms with Crippen molar-refractivity contribution < 1.29 is 4.42 Å². The summed E-state index contributed by atoms with van der Waals surface area (Å²) < 4.78 is 9.24. The van der Waals surface area contributed by atoms with E-state index in [4.69, 9.17) is 4.42 Å². The van der Waals surface area contributed by atoms with Gasteiger partial charge in [0.15, 0.2) is 0 Å². The summed E-state index contributed by atoms with van der Waals surface area (Å²) in [4.78, 5) is 0. The predicted octanol–water partition coefficient (Wildman–Crippen LogP) is 14.4. The molecule has 2 aromatic heterocycles. The van der Waals surface area contributed by atoms with Gasteiger partial charge in [0.2, 0.25) is 0 Å². The van der Waals surface area contributed by atoms with E-state index in [-0.39, 0.29) is 5.41 Å². The normalized spacial score (nSPS) is 14.3. The monoisotopic (exact) mass is 703 g/mol. The van der Waals surface area contributed by atoms with Crippen molar-refractivity contribution in [2.24, 2.45) is 0 Å². The quantitative estimate of drug-likeness (QED) is 0.168. The average molecular weight is 704 g/mol. The number of fused-ring (bicyclic) bond motifs is 12. The van der Waals surface area contributed by atoms with Gasteiger partial charge in [-0.2, -0.15) is 0 Å². The van der Waals surface area contributed by atoms with Crippen molar-refractivity contribution in [1.82, 2.24) is 4.57 Å². The molecule has 0 spiro atoms. The molecule has 0 fully saturated rings. The lowest BCUT2D eigenvalue weighted by atomic mass is 9.81. The van der Waals surface area contributed by atoms with Crippen LogP contribution in [-0.2, 0) is 11.8 Å². The first-order valence-electron chi connectivity index (χ1n) is 19.5. The molecule has 55 heavy (non-hydrogen) atoms. The summed E-state index contributed by atoms with van der Waals surface area (Å²) in [6.07, 6.45) is 6.63. The fourth-order valence-electron chi connectivity index (χ4n) is 10.1. The summed E-state index contributed by atoms with van der Waals surface area (Å²) in [5, 5.41) is 8.55. The minimum absolute atomic E-state index is 0.0277. The zero-order valence-electron chi connectivity index (χ0n) is 30.9. The van der Waals surface area contributed by atoms with Gasteiger partial charge < -0.3 is 8.98 Å². The maximum Gasteiger partial charge on any atom is 0.145 e. The van der Waals surface area contributed by atoms with Gasteiger partial charge in [0.05, 0.1) is 16.6 Å². The van der Waals surface area contributed by atoms with Gasteiger partial charge >= 0.3 is 0 Å². The Bertz CT molecular complexity index is 3220. The minimum atomic E-state index is -0.0277. The fraction of sp³-hybridized carbons (Fsp3) is 0.0943. The molecule has 8 aromatic carbocycles. The second kappa shape index (κ2) is 11.2.